The van der Waals surface area contributed by atoms with Crippen LogP contribution < -0.4 is 5.32 Å². The van der Waals surface area contributed by atoms with E-state index in [9.17, 15) is 15.3 Å². The Labute approximate surface area is 141 Å². The minimum atomic E-state index is -1.33. The predicted octanol–water partition coefficient (Wildman–Crippen LogP) is 3.20. The first kappa shape index (κ1) is 15.8. The minimum absolute atomic E-state index is 0.327. The molecule has 0 unspecified atom stereocenters. The molecule has 1 N–H and O–H groups in total. The van der Waals surface area contributed by atoms with E-state index in [0.29, 0.717) is 28.9 Å². The van der Waals surface area contributed by atoms with Crippen LogP contribution in [0.5, 0.6) is 0 Å². The Balaban J connectivity index is 2.41. The molecule has 1 amide bonds. The number of allylic oxidation sites excluding steroid dienone is 2. The van der Waals surface area contributed by atoms with E-state index in [2.05, 4.69) is 17.5 Å². The van der Waals surface area contributed by atoms with Gasteiger partial charge in [0.15, 0.2) is 0 Å². The van der Waals surface area contributed by atoms with Gasteiger partial charge in [0, 0.05) is 29.2 Å². The summed E-state index contributed by atoms with van der Waals surface area (Å²) in [6.07, 6.45) is 0.877. The lowest BCUT2D eigenvalue weighted by atomic mass is 9.67. The molecule has 2 aliphatic rings. The minimum Gasteiger partial charge on any atom is -0.347 e. The molecule has 1 spiro atoms. The van der Waals surface area contributed by atoms with E-state index in [4.69, 9.17) is 0 Å². The summed E-state index contributed by atoms with van der Waals surface area (Å²) >= 11 is 0. The lowest BCUT2D eigenvalue weighted by Gasteiger charge is -2.39. The summed E-state index contributed by atoms with van der Waals surface area (Å²) in [7, 11) is 0. The van der Waals surface area contributed by atoms with Gasteiger partial charge >= 0.3 is 0 Å². The average molecular weight is 318 g/mol. The number of carbonyl (C=O) groups is 1. The van der Waals surface area contributed by atoms with Gasteiger partial charge < -0.3 is 10.2 Å². The summed E-state index contributed by atoms with van der Waals surface area (Å²) < 4.78 is 0. The number of para-hydroxylation sites is 1. The molecule has 24 heavy (non-hydrogen) atoms. The van der Waals surface area contributed by atoms with Gasteiger partial charge in [-0.05, 0) is 26.3 Å². The molecule has 5 heteroatoms. The van der Waals surface area contributed by atoms with Gasteiger partial charge in [-0.15, -0.1) is 0 Å². The van der Waals surface area contributed by atoms with Crippen molar-refractivity contribution in [3.8, 4) is 12.1 Å². The highest BCUT2D eigenvalue weighted by Crippen LogP contribution is 2.52. The Hall–Kier alpha value is -3.05. The Bertz CT molecular complexity index is 841. The van der Waals surface area contributed by atoms with Gasteiger partial charge in [0.05, 0.1) is 23.3 Å². The number of benzene rings is 1. The SMILES string of the molecule is CCCN1C(C)=C(C#N)C2(C(=O)Nc3ccccc32)C(C#N)=C1C. The average Bonchev–Trinajstić information content (AvgIpc) is 2.86. The fourth-order valence-corrected chi connectivity index (χ4v) is 3.83. The van der Waals surface area contributed by atoms with Gasteiger partial charge in [0.1, 0.15) is 5.41 Å². The highest BCUT2D eigenvalue weighted by molar-refractivity contribution is 6.12. The number of hydrogen-bond acceptors (Lipinski definition) is 4. The molecule has 120 valence electrons. The number of amides is 1. The third kappa shape index (κ3) is 1.76. The zero-order valence-corrected chi connectivity index (χ0v) is 14.0. The molecule has 3 rings (SSSR count). The van der Waals surface area contributed by atoms with Gasteiger partial charge in [-0.2, -0.15) is 10.5 Å². The van der Waals surface area contributed by atoms with Gasteiger partial charge in [0.25, 0.3) is 0 Å². The lowest BCUT2D eigenvalue weighted by Crippen LogP contribution is -2.45. The number of fused-ring (bicyclic) bond motifs is 2. The molecule has 0 bridgehead atoms. The molecule has 5 nitrogen and oxygen atoms in total. The number of nitriles is 2. The van der Waals surface area contributed by atoms with Crippen molar-refractivity contribution in [2.75, 3.05) is 11.9 Å². The Morgan fingerprint density at radius 2 is 1.71 bits per heavy atom. The molecule has 0 aliphatic carbocycles. The van der Waals surface area contributed by atoms with Crippen molar-refractivity contribution >= 4 is 11.6 Å². The van der Waals surface area contributed by atoms with Crippen molar-refractivity contribution in [1.29, 1.82) is 10.5 Å². The Kier molecular flexibility index (Phi) is 3.66. The summed E-state index contributed by atoms with van der Waals surface area (Å²) in [5, 5.41) is 22.6. The maximum Gasteiger partial charge on any atom is 0.245 e. The first-order chi connectivity index (χ1) is 11.5. The van der Waals surface area contributed by atoms with Crippen LogP contribution in [0.1, 0.15) is 32.8 Å². The summed E-state index contributed by atoms with van der Waals surface area (Å²) in [6, 6.07) is 11.7. The van der Waals surface area contributed by atoms with Crippen molar-refractivity contribution in [2.45, 2.75) is 32.6 Å². The second-order valence-electron chi connectivity index (χ2n) is 6.05. The van der Waals surface area contributed by atoms with E-state index in [-0.39, 0.29) is 5.91 Å². The summed E-state index contributed by atoms with van der Waals surface area (Å²) in [6.45, 7) is 6.44. The zero-order valence-electron chi connectivity index (χ0n) is 14.0. The standard InChI is InChI=1S/C19H18N4O/c1-4-9-23-12(2)15(10-20)19(16(11-21)13(23)3)14-7-5-6-8-17(14)22-18(19)24/h5-8H,4,9H2,1-3H3,(H,22,24). The van der Waals surface area contributed by atoms with Crippen molar-refractivity contribution in [1.82, 2.24) is 4.90 Å². The molecule has 1 aromatic rings. The zero-order chi connectivity index (χ0) is 17.5. The normalized spacial score (nSPS) is 18.4. The van der Waals surface area contributed by atoms with Crippen molar-refractivity contribution in [3.63, 3.8) is 0 Å². The number of nitrogens with zero attached hydrogens (tertiary/aromatic N) is 3. The molecular formula is C19H18N4O. The molecule has 2 aliphatic heterocycles. The van der Waals surface area contributed by atoms with Crippen LogP contribution in [-0.2, 0) is 10.2 Å². The van der Waals surface area contributed by atoms with E-state index >= 15 is 0 Å². The molecule has 2 heterocycles. The number of carbonyl (C=O) groups excluding carboxylic acids is 1. The second-order valence-corrected chi connectivity index (χ2v) is 6.05. The smallest absolute Gasteiger partial charge is 0.245 e. The van der Waals surface area contributed by atoms with Crippen molar-refractivity contribution in [3.05, 3.63) is 52.4 Å². The van der Waals surface area contributed by atoms with Gasteiger partial charge in [0.2, 0.25) is 5.91 Å². The lowest BCUT2D eigenvalue weighted by molar-refractivity contribution is -0.118. The Morgan fingerprint density at radius 3 is 2.25 bits per heavy atom. The molecule has 0 saturated heterocycles. The number of nitrogens with one attached hydrogen (secondary N) is 1. The fourth-order valence-electron chi connectivity index (χ4n) is 3.83. The number of anilines is 1. The van der Waals surface area contributed by atoms with Crippen LogP contribution in [0, 0.1) is 22.7 Å². The van der Waals surface area contributed by atoms with Gasteiger partial charge in [-0.3, -0.25) is 4.79 Å². The number of hydrogen-bond donors (Lipinski definition) is 1. The number of rotatable bonds is 2. The van der Waals surface area contributed by atoms with E-state index in [1.54, 1.807) is 6.07 Å². The van der Waals surface area contributed by atoms with Crippen LogP contribution in [0.4, 0.5) is 5.69 Å². The van der Waals surface area contributed by atoms with Crippen LogP contribution in [0.15, 0.2) is 46.8 Å². The van der Waals surface area contributed by atoms with Crippen molar-refractivity contribution in [2.24, 2.45) is 0 Å². The van der Waals surface area contributed by atoms with E-state index in [0.717, 1.165) is 17.8 Å². The maximum absolute atomic E-state index is 13.0. The molecule has 0 radical (unpaired) electrons. The van der Waals surface area contributed by atoms with Gasteiger partial charge in [-0.1, -0.05) is 25.1 Å². The molecule has 0 atom stereocenters. The first-order valence-corrected chi connectivity index (χ1v) is 7.95. The molecule has 0 saturated carbocycles. The molecule has 0 fully saturated rings. The maximum atomic E-state index is 13.0. The molecule has 1 aromatic carbocycles. The molecule has 0 aromatic heterocycles. The monoisotopic (exact) mass is 318 g/mol. The summed E-state index contributed by atoms with van der Waals surface area (Å²) in [4.78, 5) is 15.0. The first-order valence-electron chi connectivity index (χ1n) is 7.95. The van der Waals surface area contributed by atoms with Crippen LogP contribution >= 0.6 is 0 Å². The van der Waals surface area contributed by atoms with Crippen LogP contribution in [0.25, 0.3) is 0 Å². The predicted molar refractivity (Wildman–Crippen MR) is 90.4 cm³/mol. The largest absolute Gasteiger partial charge is 0.347 e. The van der Waals surface area contributed by atoms with Crippen molar-refractivity contribution < 1.29 is 4.79 Å². The highest BCUT2D eigenvalue weighted by Gasteiger charge is 2.57. The second kappa shape index (κ2) is 5.54. The highest BCUT2D eigenvalue weighted by atomic mass is 16.2. The van der Waals surface area contributed by atoms with Crippen LogP contribution in [-0.4, -0.2) is 17.4 Å². The van der Waals surface area contributed by atoms with E-state index < -0.39 is 5.41 Å². The van der Waals surface area contributed by atoms with E-state index in [1.165, 1.54) is 0 Å². The van der Waals surface area contributed by atoms with E-state index in [1.807, 2.05) is 43.9 Å². The third-order valence-electron chi connectivity index (χ3n) is 4.87. The summed E-state index contributed by atoms with van der Waals surface area (Å²) in [5.74, 6) is -0.327. The quantitative estimate of drug-likeness (QED) is 0.908. The topological polar surface area (TPSA) is 79.9 Å². The third-order valence-corrected chi connectivity index (χ3v) is 4.87. The van der Waals surface area contributed by atoms with Crippen LogP contribution in [0.2, 0.25) is 0 Å². The fraction of sp³-hybridized carbons (Fsp3) is 0.316. The van der Waals surface area contributed by atoms with Crippen LogP contribution in [0.3, 0.4) is 0 Å². The molecular weight excluding hydrogens is 300 g/mol. The Morgan fingerprint density at radius 1 is 1.12 bits per heavy atom. The summed E-state index contributed by atoms with van der Waals surface area (Å²) in [5.41, 5.74) is 2.15. The van der Waals surface area contributed by atoms with Gasteiger partial charge in [-0.25, -0.2) is 0 Å².